The zero-order valence-corrected chi connectivity index (χ0v) is 12.0. The van der Waals surface area contributed by atoms with Crippen LogP contribution >= 0.6 is 15.9 Å². The molecule has 18 heavy (non-hydrogen) atoms. The van der Waals surface area contributed by atoms with Crippen molar-refractivity contribution in [3.8, 4) is 11.5 Å². The number of pyridine rings is 1. The molecule has 0 aliphatic carbocycles. The molecule has 5 heteroatoms. The van der Waals surface area contributed by atoms with E-state index in [0.29, 0.717) is 5.82 Å². The summed E-state index contributed by atoms with van der Waals surface area (Å²) in [6.07, 6.45) is 2.63. The van der Waals surface area contributed by atoms with Gasteiger partial charge >= 0.3 is 0 Å². The van der Waals surface area contributed by atoms with Crippen LogP contribution < -0.4 is 5.32 Å². The average molecular weight is 307 g/mol. The summed E-state index contributed by atoms with van der Waals surface area (Å²) in [5, 5.41) is 3.22. The monoisotopic (exact) mass is 306 g/mol. The summed E-state index contributed by atoms with van der Waals surface area (Å²) in [5.74, 6) is 1.52. The lowest BCUT2D eigenvalue weighted by Gasteiger charge is -2.07. The largest absolute Gasteiger partial charge is 0.370 e. The highest BCUT2D eigenvalue weighted by molar-refractivity contribution is 9.10. The molecular weight excluding hydrogens is 292 g/mol. The Balaban J connectivity index is 2.42. The molecule has 2 aromatic heterocycles. The van der Waals surface area contributed by atoms with E-state index >= 15 is 0 Å². The van der Waals surface area contributed by atoms with E-state index in [1.165, 1.54) is 0 Å². The molecule has 0 aliphatic rings. The molecule has 2 heterocycles. The van der Waals surface area contributed by atoms with Gasteiger partial charge in [-0.2, -0.15) is 0 Å². The molecule has 0 saturated carbocycles. The van der Waals surface area contributed by atoms with Gasteiger partial charge in [-0.05, 0) is 41.4 Å². The normalized spacial score (nSPS) is 10.4. The van der Waals surface area contributed by atoms with Crippen LogP contribution in [0.5, 0.6) is 0 Å². The maximum absolute atomic E-state index is 4.51. The van der Waals surface area contributed by atoms with E-state index < -0.39 is 0 Å². The minimum atomic E-state index is 0.665. The van der Waals surface area contributed by atoms with Crippen LogP contribution in [0.2, 0.25) is 0 Å². The van der Waals surface area contributed by atoms with Crippen LogP contribution in [-0.2, 0) is 6.42 Å². The second-order valence-electron chi connectivity index (χ2n) is 3.81. The minimum absolute atomic E-state index is 0.665. The molecule has 1 N–H and O–H groups in total. The lowest BCUT2D eigenvalue weighted by molar-refractivity contribution is 0.991. The third-order valence-electron chi connectivity index (χ3n) is 2.46. The molecule has 0 unspecified atom stereocenters. The first kappa shape index (κ1) is 13.0. The van der Waals surface area contributed by atoms with Gasteiger partial charge in [0.15, 0.2) is 5.82 Å². The standard InChI is InChI=1S/C13H15BrN4/c1-3-10-7-12(15-4-2)18-13(17-10)11-6-5-9(14)8-16-11/h5-8H,3-4H2,1-2H3,(H,15,17,18). The predicted molar refractivity (Wildman–Crippen MR) is 76.5 cm³/mol. The van der Waals surface area contributed by atoms with Gasteiger partial charge in [-0.25, -0.2) is 9.97 Å². The minimum Gasteiger partial charge on any atom is -0.370 e. The van der Waals surface area contributed by atoms with Gasteiger partial charge in [-0.1, -0.05) is 6.92 Å². The van der Waals surface area contributed by atoms with Crippen molar-refractivity contribution in [2.45, 2.75) is 20.3 Å². The highest BCUT2D eigenvalue weighted by atomic mass is 79.9. The fourth-order valence-corrected chi connectivity index (χ4v) is 1.81. The zero-order chi connectivity index (χ0) is 13.0. The van der Waals surface area contributed by atoms with Gasteiger partial charge in [0.2, 0.25) is 0 Å². The van der Waals surface area contributed by atoms with Crippen molar-refractivity contribution < 1.29 is 0 Å². The second-order valence-corrected chi connectivity index (χ2v) is 4.73. The molecule has 0 radical (unpaired) electrons. The van der Waals surface area contributed by atoms with Crippen molar-refractivity contribution in [2.75, 3.05) is 11.9 Å². The topological polar surface area (TPSA) is 50.7 Å². The Morgan fingerprint density at radius 3 is 2.67 bits per heavy atom. The zero-order valence-electron chi connectivity index (χ0n) is 10.4. The lowest BCUT2D eigenvalue weighted by atomic mass is 10.3. The fourth-order valence-electron chi connectivity index (χ4n) is 1.57. The molecule has 4 nitrogen and oxygen atoms in total. The Labute approximate surface area is 115 Å². The van der Waals surface area contributed by atoms with Crippen LogP contribution in [0.4, 0.5) is 5.82 Å². The summed E-state index contributed by atoms with van der Waals surface area (Å²) in [6.45, 7) is 4.97. The van der Waals surface area contributed by atoms with Crippen molar-refractivity contribution in [1.29, 1.82) is 0 Å². The molecule has 0 saturated heterocycles. The smallest absolute Gasteiger partial charge is 0.180 e. The molecule has 0 bridgehead atoms. The Morgan fingerprint density at radius 2 is 2.06 bits per heavy atom. The van der Waals surface area contributed by atoms with Crippen LogP contribution in [0.25, 0.3) is 11.5 Å². The van der Waals surface area contributed by atoms with Gasteiger partial charge < -0.3 is 5.32 Å². The summed E-state index contributed by atoms with van der Waals surface area (Å²) in [5.41, 5.74) is 1.80. The summed E-state index contributed by atoms with van der Waals surface area (Å²) in [7, 11) is 0. The molecule has 0 amide bonds. The maximum atomic E-state index is 4.51. The van der Waals surface area contributed by atoms with Crippen molar-refractivity contribution in [3.63, 3.8) is 0 Å². The second kappa shape index (κ2) is 5.91. The summed E-state index contributed by atoms with van der Waals surface area (Å²) in [6, 6.07) is 5.83. The van der Waals surface area contributed by atoms with E-state index in [0.717, 1.165) is 34.6 Å². The highest BCUT2D eigenvalue weighted by Crippen LogP contribution is 2.18. The van der Waals surface area contributed by atoms with E-state index in [4.69, 9.17) is 0 Å². The first-order chi connectivity index (χ1) is 8.72. The Hall–Kier alpha value is -1.49. The molecule has 0 atom stereocenters. The van der Waals surface area contributed by atoms with Gasteiger partial charge in [-0.15, -0.1) is 0 Å². The SMILES string of the molecule is CCNc1cc(CC)nc(-c2ccc(Br)cn2)n1. The van der Waals surface area contributed by atoms with Gasteiger partial charge in [0.25, 0.3) is 0 Å². The average Bonchev–Trinajstić information content (AvgIpc) is 2.39. The molecule has 2 aromatic rings. The summed E-state index contributed by atoms with van der Waals surface area (Å²) in [4.78, 5) is 13.3. The van der Waals surface area contributed by atoms with E-state index in [9.17, 15) is 0 Å². The van der Waals surface area contributed by atoms with Crippen molar-refractivity contribution in [1.82, 2.24) is 15.0 Å². The molecule has 0 aliphatic heterocycles. The van der Waals surface area contributed by atoms with Crippen LogP contribution in [0.3, 0.4) is 0 Å². The molecule has 2 rings (SSSR count). The van der Waals surface area contributed by atoms with Crippen molar-refractivity contribution >= 4 is 21.7 Å². The number of aryl methyl sites for hydroxylation is 1. The number of nitrogens with one attached hydrogen (secondary N) is 1. The number of aromatic nitrogens is 3. The van der Waals surface area contributed by atoms with Crippen molar-refractivity contribution in [2.24, 2.45) is 0 Å². The van der Waals surface area contributed by atoms with E-state index in [-0.39, 0.29) is 0 Å². The third-order valence-corrected chi connectivity index (χ3v) is 2.92. The van der Waals surface area contributed by atoms with E-state index in [2.05, 4.69) is 43.1 Å². The summed E-state index contributed by atoms with van der Waals surface area (Å²) < 4.78 is 0.949. The first-order valence-electron chi connectivity index (χ1n) is 5.96. The molecule has 94 valence electrons. The number of anilines is 1. The van der Waals surface area contributed by atoms with Crippen LogP contribution in [0, 0.1) is 0 Å². The van der Waals surface area contributed by atoms with Crippen molar-refractivity contribution in [3.05, 3.63) is 34.6 Å². The van der Waals surface area contributed by atoms with Gasteiger partial charge in [-0.3, -0.25) is 4.98 Å². The highest BCUT2D eigenvalue weighted by Gasteiger charge is 2.06. The van der Waals surface area contributed by atoms with Crippen LogP contribution in [0.15, 0.2) is 28.9 Å². The molecule has 0 spiro atoms. The lowest BCUT2D eigenvalue weighted by Crippen LogP contribution is -2.04. The van der Waals surface area contributed by atoms with Gasteiger partial charge in [0.1, 0.15) is 11.5 Å². The number of nitrogens with zero attached hydrogens (tertiary/aromatic N) is 3. The molecule has 0 fully saturated rings. The quantitative estimate of drug-likeness (QED) is 0.941. The van der Waals surface area contributed by atoms with Crippen LogP contribution in [0.1, 0.15) is 19.5 Å². The maximum Gasteiger partial charge on any atom is 0.180 e. The molecule has 0 aromatic carbocycles. The Bertz CT molecular complexity index is 525. The van der Waals surface area contributed by atoms with E-state index in [1.54, 1.807) is 6.20 Å². The summed E-state index contributed by atoms with van der Waals surface area (Å²) >= 11 is 3.37. The number of halogens is 1. The predicted octanol–water partition coefficient (Wildman–Crippen LogP) is 3.30. The first-order valence-corrected chi connectivity index (χ1v) is 6.76. The van der Waals surface area contributed by atoms with Gasteiger partial charge in [0.05, 0.1) is 0 Å². The van der Waals surface area contributed by atoms with Gasteiger partial charge in [0, 0.05) is 29.0 Å². The van der Waals surface area contributed by atoms with E-state index in [1.807, 2.05) is 25.1 Å². The number of hydrogen-bond acceptors (Lipinski definition) is 4. The Morgan fingerprint density at radius 1 is 1.22 bits per heavy atom. The fraction of sp³-hybridized carbons (Fsp3) is 0.308. The number of hydrogen-bond donors (Lipinski definition) is 1. The third kappa shape index (κ3) is 3.04. The number of rotatable bonds is 4. The van der Waals surface area contributed by atoms with Crippen LogP contribution in [-0.4, -0.2) is 21.5 Å². The Kier molecular flexibility index (Phi) is 4.25. The molecular formula is C13H15BrN4.